The van der Waals surface area contributed by atoms with Crippen LogP contribution in [-0.4, -0.2) is 4.98 Å². The Labute approximate surface area is 143 Å². The van der Waals surface area contributed by atoms with Gasteiger partial charge in [-0.05, 0) is 37.1 Å². The molecule has 0 aliphatic carbocycles. The molecule has 2 aromatic carbocycles. The van der Waals surface area contributed by atoms with E-state index in [9.17, 15) is 0 Å². The first kappa shape index (κ1) is 16.3. The van der Waals surface area contributed by atoms with Crippen LogP contribution < -0.4 is 5.32 Å². The molecule has 0 radical (unpaired) electrons. The van der Waals surface area contributed by atoms with E-state index in [4.69, 9.17) is 9.40 Å². The van der Waals surface area contributed by atoms with Crippen molar-refractivity contribution in [3.63, 3.8) is 0 Å². The van der Waals surface area contributed by atoms with Gasteiger partial charge in [-0.25, -0.2) is 4.98 Å². The van der Waals surface area contributed by atoms with Crippen LogP contribution in [0.1, 0.15) is 37.6 Å². The van der Waals surface area contributed by atoms with Gasteiger partial charge >= 0.3 is 0 Å². The van der Waals surface area contributed by atoms with Crippen LogP contribution in [0.25, 0.3) is 11.5 Å². The van der Waals surface area contributed by atoms with E-state index < -0.39 is 0 Å². The van der Waals surface area contributed by atoms with Crippen LogP contribution >= 0.6 is 0 Å². The number of anilines is 2. The number of hydrogen-bond donors (Lipinski definition) is 1. The third-order valence-electron chi connectivity index (χ3n) is 4.08. The number of oxazole rings is 1. The van der Waals surface area contributed by atoms with Gasteiger partial charge in [-0.3, -0.25) is 0 Å². The molecule has 0 saturated carbocycles. The molecular formula is C21H24N2O. The molecule has 0 aliphatic rings. The van der Waals surface area contributed by atoms with Gasteiger partial charge in [0, 0.05) is 16.7 Å². The zero-order chi connectivity index (χ0) is 17.3. The summed E-state index contributed by atoms with van der Waals surface area (Å²) in [5.41, 5.74) is 5.26. The number of aryl methyl sites for hydroxylation is 2. The summed E-state index contributed by atoms with van der Waals surface area (Å²) < 4.78 is 6.12. The third-order valence-corrected chi connectivity index (χ3v) is 4.08. The Kier molecular flexibility index (Phi) is 4.18. The van der Waals surface area contributed by atoms with Gasteiger partial charge in [0.15, 0.2) is 0 Å². The average Bonchev–Trinajstić information content (AvgIpc) is 2.96. The maximum absolute atomic E-state index is 6.12. The smallest absolute Gasteiger partial charge is 0.229 e. The Balaban J connectivity index is 2.08. The molecule has 124 valence electrons. The maximum atomic E-state index is 6.12. The molecule has 3 nitrogen and oxygen atoms in total. The van der Waals surface area contributed by atoms with Gasteiger partial charge in [0.25, 0.3) is 0 Å². The van der Waals surface area contributed by atoms with Crippen LogP contribution in [0, 0.1) is 13.8 Å². The van der Waals surface area contributed by atoms with Crippen molar-refractivity contribution in [2.24, 2.45) is 0 Å². The summed E-state index contributed by atoms with van der Waals surface area (Å²) in [4.78, 5) is 4.78. The lowest BCUT2D eigenvalue weighted by molar-refractivity contribution is 0.557. The quantitative estimate of drug-likeness (QED) is 0.643. The molecule has 24 heavy (non-hydrogen) atoms. The molecule has 1 aromatic heterocycles. The van der Waals surface area contributed by atoms with Crippen molar-refractivity contribution in [2.75, 3.05) is 5.32 Å². The predicted molar refractivity (Wildman–Crippen MR) is 99.8 cm³/mol. The lowest BCUT2D eigenvalue weighted by atomic mass is 9.92. The molecule has 0 bridgehead atoms. The van der Waals surface area contributed by atoms with Gasteiger partial charge in [0.1, 0.15) is 5.69 Å². The SMILES string of the molecule is Cc1cccc(C)c1Nc1oc(-c2ccccc2)nc1C(C)(C)C. The van der Waals surface area contributed by atoms with E-state index in [1.165, 1.54) is 11.1 Å². The van der Waals surface area contributed by atoms with Crippen LogP contribution in [0.3, 0.4) is 0 Å². The molecule has 0 atom stereocenters. The molecule has 0 spiro atoms. The van der Waals surface area contributed by atoms with Gasteiger partial charge in [0.05, 0.1) is 0 Å². The van der Waals surface area contributed by atoms with E-state index in [-0.39, 0.29) is 5.41 Å². The highest BCUT2D eigenvalue weighted by Gasteiger charge is 2.26. The molecule has 0 saturated heterocycles. The highest BCUT2D eigenvalue weighted by molar-refractivity contribution is 5.67. The lowest BCUT2D eigenvalue weighted by Crippen LogP contribution is -2.14. The highest BCUT2D eigenvalue weighted by Crippen LogP contribution is 2.36. The average molecular weight is 320 g/mol. The normalized spacial score (nSPS) is 11.5. The van der Waals surface area contributed by atoms with Crippen molar-refractivity contribution in [3.05, 3.63) is 65.4 Å². The fourth-order valence-corrected chi connectivity index (χ4v) is 2.74. The molecule has 0 unspecified atom stereocenters. The van der Waals surface area contributed by atoms with Crippen LogP contribution in [0.15, 0.2) is 52.9 Å². The summed E-state index contributed by atoms with van der Waals surface area (Å²) in [7, 11) is 0. The standard InChI is InChI=1S/C21H24N2O/c1-14-10-9-11-15(2)17(14)22-20-18(21(3,4)5)23-19(24-20)16-12-7-6-8-13-16/h6-13,22H,1-5H3. The van der Waals surface area contributed by atoms with Gasteiger partial charge in [-0.2, -0.15) is 0 Å². The van der Waals surface area contributed by atoms with Gasteiger partial charge in [-0.1, -0.05) is 57.2 Å². The lowest BCUT2D eigenvalue weighted by Gasteiger charge is -2.18. The summed E-state index contributed by atoms with van der Waals surface area (Å²) in [6.07, 6.45) is 0. The van der Waals surface area contributed by atoms with Crippen molar-refractivity contribution >= 4 is 11.6 Å². The third kappa shape index (κ3) is 3.21. The first-order valence-corrected chi connectivity index (χ1v) is 8.26. The molecule has 0 aliphatic heterocycles. The number of nitrogens with zero attached hydrogens (tertiary/aromatic N) is 1. The zero-order valence-corrected chi connectivity index (χ0v) is 15.0. The topological polar surface area (TPSA) is 38.1 Å². The first-order chi connectivity index (χ1) is 11.4. The summed E-state index contributed by atoms with van der Waals surface area (Å²) in [5, 5.41) is 3.48. The molecular weight excluding hydrogens is 296 g/mol. The molecule has 1 N–H and O–H groups in total. The minimum atomic E-state index is -0.116. The highest BCUT2D eigenvalue weighted by atomic mass is 16.4. The van der Waals surface area contributed by atoms with E-state index in [1.807, 2.05) is 30.3 Å². The zero-order valence-electron chi connectivity index (χ0n) is 15.0. The number of para-hydroxylation sites is 1. The van der Waals surface area contributed by atoms with Crippen molar-refractivity contribution in [3.8, 4) is 11.5 Å². The fourth-order valence-electron chi connectivity index (χ4n) is 2.74. The minimum Gasteiger partial charge on any atom is -0.420 e. The van der Waals surface area contributed by atoms with Crippen molar-refractivity contribution in [1.29, 1.82) is 0 Å². The second kappa shape index (κ2) is 6.16. The van der Waals surface area contributed by atoms with Crippen LogP contribution in [0.5, 0.6) is 0 Å². The van der Waals surface area contributed by atoms with Crippen molar-refractivity contribution in [2.45, 2.75) is 40.0 Å². The Morgan fingerprint density at radius 2 is 1.50 bits per heavy atom. The summed E-state index contributed by atoms with van der Waals surface area (Å²) in [6.45, 7) is 10.6. The second-order valence-corrected chi connectivity index (χ2v) is 7.20. The summed E-state index contributed by atoms with van der Waals surface area (Å²) in [5.74, 6) is 1.37. The van der Waals surface area contributed by atoms with E-state index >= 15 is 0 Å². The van der Waals surface area contributed by atoms with Crippen molar-refractivity contribution < 1.29 is 4.42 Å². The van der Waals surface area contributed by atoms with E-state index in [2.05, 4.69) is 58.1 Å². The Morgan fingerprint density at radius 1 is 0.875 bits per heavy atom. The number of benzene rings is 2. The molecule has 1 heterocycles. The van der Waals surface area contributed by atoms with E-state index in [0.717, 1.165) is 22.8 Å². The van der Waals surface area contributed by atoms with Crippen molar-refractivity contribution in [1.82, 2.24) is 4.98 Å². The predicted octanol–water partition coefficient (Wildman–Crippen LogP) is 6.00. The minimum absolute atomic E-state index is 0.116. The van der Waals surface area contributed by atoms with E-state index in [1.54, 1.807) is 0 Å². The van der Waals surface area contributed by atoms with Crippen LogP contribution in [0.2, 0.25) is 0 Å². The molecule has 3 heteroatoms. The summed E-state index contributed by atoms with van der Waals surface area (Å²) >= 11 is 0. The van der Waals surface area contributed by atoms with Gasteiger partial charge in [0.2, 0.25) is 11.8 Å². The molecule has 0 fully saturated rings. The largest absolute Gasteiger partial charge is 0.420 e. The maximum Gasteiger partial charge on any atom is 0.229 e. The second-order valence-electron chi connectivity index (χ2n) is 7.20. The Hall–Kier alpha value is -2.55. The molecule has 3 aromatic rings. The van der Waals surface area contributed by atoms with Crippen LogP contribution in [0.4, 0.5) is 11.6 Å². The van der Waals surface area contributed by atoms with E-state index in [0.29, 0.717) is 5.89 Å². The number of hydrogen-bond acceptors (Lipinski definition) is 3. The van der Waals surface area contributed by atoms with Gasteiger partial charge < -0.3 is 9.73 Å². The Morgan fingerprint density at radius 3 is 2.08 bits per heavy atom. The number of aromatic nitrogens is 1. The van der Waals surface area contributed by atoms with Crippen LogP contribution in [-0.2, 0) is 5.41 Å². The first-order valence-electron chi connectivity index (χ1n) is 8.26. The molecule has 0 amide bonds. The van der Waals surface area contributed by atoms with Gasteiger partial charge in [-0.15, -0.1) is 0 Å². The molecule has 3 rings (SSSR count). The number of rotatable bonds is 3. The summed E-state index contributed by atoms with van der Waals surface area (Å²) in [6, 6.07) is 16.3. The fraction of sp³-hybridized carbons (Fsp3) is 0.286. The monoisotopic (exact) mass is 320 g/mol. The number of nitrogens with one attached hydrogen (secondary N) is 1. The Bertz CT molecular complexity index is 822.